The summed E-state index contributed by atoms with van der Waals surface area (Å²) < 4.78 is 27.0. The number of rotatable bonds is 5. The van der Waals surface area contributed by atoms with E-state index in [9.17, 15) is 18.4 Å². The minimum Gasteiger partial charge on any atom is -0.368 e. The molecule has 2 N–H and O–H groups in total. The van der Waals surface area contributed by atoms with Crippen LogP contribution < -0.4 is 10.6 Å². The van der Waals surface area contributed by atoms with E-state index in [-0.39, 0.29) is 17.9 Å². The second-order valence-electron chi connectivity index (χ2n) is 6.56. The molecule has 1 fully saturated rings. The molecule has 1 saturated heterocycles. The molecule has 5 nitrogen and oxygen atoms in total. The third kappa shape index (κ3) is 3.81. The zero-order valence-electron chi connectivity index (χ0n) is 14.0. The molecule has 1 unspecified atom stereocenters. The molecule has 3 rings (SSSR count). The molecular weight excluding hydrogens is 328 g/mol. The molecule has 0 spiro atoms. The lowest BCUT2D eigenvalue weighted by atomic mass is 10.00. The maximum absolute atomic E-state index is 13.6. The van der Waals surface area contributed by atoms with E-state index in [0.717, 1.165) is 19.0 Å². The van der Waals surface area contributed by atoms with Crippen LogP contribution in [0.1, 0.15) is 31.2 Å². The van der Waals surface area contributed by atoms with E-state index in [1.807, 2.05) is 4.90 Å². The zero-order valence-corrected chi connectivity index (χ0v) is 14.0. The summed E-state index contributed by atoms with van der Waals surface area (Å²) in [6, 6.07) is 1.97. The number of anilines is 1. The first-order chi connectivity index (χ1) is 12.0. The van der Waals surface area contributed by atoms with Gasteiger partial charge in [0.25, 0.3) is 0 Å². The summed E-state index contributed by atoms with van der Waals surface area (Å²) in [6.45, 7) is 1.80. The van der Waals surface area contributed by atoms with Crippen LogP contribution >= 0.6 is 0 Å². The standard InChI is InChI=1S/C18H22F2N3O2/c19-13-10-12-5-6-17(24)23(16(12)11-14(13)20)9-3-8-22-7-2-1-4-15(22)18(21)25/h1,10-11,15H,2-9H2,(H2,21,25). The zero-order chi connectivity index (χ0) is 18.0. The number of hydrogen-bond acceptors (Lipinski definition) is 3. The van der Waals surface area contributed by atoms with Crippen LogP contribution in [0.2, 0.25) is 0 Å². The van der Waals surface area contributed by atoms with Crippen LogP contribution in [-0.2, 0) is 16.0 Å². The minimum atomic E-state index is -0.946. The highest BCUT2D eigenvalue weighted by Gasteiger charge is 2.28. The van der Waals surface area contributed by atoms with E-state index in [1.165, 1.54) is 11.0 Å². The molecule has 25 heavy (non-hydrogen) atoms. The van der Waals surface area contributed by atoms with E-state index < -0.39 is 11.6 Å². The second-order valence-corrected chi connectivity index (χ2v) is 6.56. The predicted molar refractivity (Wildman–Crippen MR) is 89.7 cm³/mol. The lowest BCUT2D eigenvalue weighted by Crippen LogP contribution is -2.48. The predicted octanol–water partition coefficient (Wildman–Crippen LogP) is 1.79. The highest BCUT2D eigenvalue weighted by Crippen LogP contribution is 2.30. The number of nitrogens with zero attached hydrogens (tertiary/aromatic N) is 2. The normalized spacial score (nSPS) is 21.3. The Morgan fingerprint density at radius 1 is 1.20 bits per heavy atom. The molecule has 0 aromatic heterocycles. The number of aryl methyl sites for hydroxylation is 1. The van der Waals surface area contributed by atoms with Crippen molar-refractivity contribution < 1.29 is 18.4 Å². The maximum atomic E-state index is 13.6. The average Bonchev–Trinajstić information content (AvgIpc) is 2.59. The van der Waals surface area contributed by atoms with Gasteiger partial charge in [0, 0.05) is 31.3 Å². The summed E-state index contributed by atoms with van der Waals surface area (Å²) in [6.07, 6.45) is 4.96. The lowest BCUT2D eigenvalue weighted by Gasteiger charge is -2.35. The monoisotopic (exact) mass is 350 g/mol. The fraction of sp³-hybridized carbons (Fsp3) is 0.500. The molecule has 1 radical (unpaired) electrons. The fourth-order valence-electron chi connectivity index (χ4n) is 3.62. The Labute approximate surface area is 145 Å². The molecule has 0 bridgehead atoms. The van der Waals surface area contributed by atoms with Gasteiger partial charge in [0.05, 0.1) is 6.04 Å². The summed E-state index contributed by atoms with van der Waals surface area (Å²) >= 11 is 0. The van der Waals surface area contributed by atoms with Crippen molar-refractivity contribution in [1.29, 1.82) is 0 Å². The van der Waals surface area contributed by atoms with E-state index in [4.69, 9.17) is 5.73 Å². The van der Waals surface area contributed by atoms with Crippen LogP contribution in [-0.4, -0.2) is 42.4 Å². The van der Waals surface area contributed by atoms with Gasteiger partial charge in [-0.15, -0.1) is 0 Å². The number of hydrogen-bond donors (Lipinski definition) is 1. The average molecular weight is 350 g/mol. The number of benzene rings is 1. The number of likely N-dealkylation sites (tertiary alicyclic amines) is 1. The number of halogens is 2. The van der Waals surface area contributed by atoms with Crippen LogP contribution in [0.15, 0.2) is 12.1 Å². The fourth-order valence-corrected chi connectivity index (χ4v) is 3.62. The lowest BCUT2D eigenvalue weighted by molar-refractivity contribution is -0.124. The largest absolute Gasteiger partial charge is 0.368 e. The molecule has 1 atom stereocenters. The number of amides is 2. The maximum Gasteiger partial charge on any atom is 0.234 e. The molecular formula is C18H22F2N3O2. The van der Waals surface area contributed by atoms with E-state index in [2.05, 4.69) is 6.42 Å². The molecule has 135 valence electrons. The van der Waals surface area contributed by atoms with Gasteiger partial charge in [-0.1, -0.05) is 0 Å². The van der Waals surface area contributed by atoms with Crippen molar-refractivity contribution in [2.75, 3.05) is 24.5 Å². The third-order valence-electron chi connectivity index (χ3n) is 4.93. The van der Waals surface area contributed by atoms with Gasteiger partial charge < -0.3 is 10.6 Å². The van der Waals surface area contributed by atoms with Gasteiger partial charge in [0.2, 0.25) is 11.8 Å². The Bertz CT molecular complexity index is 681. The third-order valence-corrected chi connectivity index (χ3v) is 4.93. The molecule has 0 saturated carbocycles. The van der Waals surface area contributed by atoms with Gasteiger partial charge in [-0.05, 0) is 50.3 Å². The smallest absolute Gasteiger partial charge is 0.234 e. The Morgan fingerprint density at radius 2 is 1.96 bits per heavy atom. The van der Waals surface area contributed by atoms with Crippen LogP contribution in [0.5, 0.6) is 0 Å². The van der Waals surface area contributed by atoms with Crippen molar-refractivity contribution in [2.24, 2.45) is 5.73 Å². The first-order valence-electron chi connectivity index (χ1n) is 8.60. The summed E-state index contributed by atoms with van der Waals surface area (Å²) in [4.78, 5) is 27.3. The number of primary amides is 1. The SMILES string of the molecule is NC(=O)C1C[CH]CCN1CCCN1C(=O)CCc2cc(F)c(F)cc21. The van der Waals surface area contributed by atoms with Gasteiger partial charge in [-0.25, -0.2) is 8.78 Å². The molecule has 1 aromatic rings. The molecule has 2 aliphatic heterocycles. The second kappa shape index (κ2) is 7.47. The molecule has 1 aromatic carbocycles. The Morgan fingerprint density at radius 3 is 2.72 bits per heavy atom. The molecule has 2 amide bonds. The molecule has 2 heterocycles. The quantitative estimate of drug-likeness (QED) is 0.880. The van der Waals surface area contributed by atoms with Gasteiger partial charge >= 0.3 is 0 Å². The van der Waals surface area contributed by atoms with Gasteiger partial charge in [0.1, 0.15) is 0 Å². The van der Waals surface area contributed by atoms with Crippen LogP contribution in [0.3, 0.4) is 0 Å². The number of carbonyl (C=O) groups excluding carboxylic acids is 2. The van der Waals surface area contributed by atoms with Crippen LogP contribution in [0, 0.1) is 18.1 Å². The molecule has 7 heteroatoms. The van der Waals surface area contributed by atoms with Crippen molar-refractivity contribution in [2.45, 2.75) is 38.1 Å². The summed E-state index contributed by atoms with van der Waals surface area (Å²) in [7, 11) is 0. The first kappa shape index (κ1) is 17.8. The summed E-state index contributed by atoms with van der Waals surface area (Å²) in [5.41, 5.74) is 6.55. The van der Waals surface area contributed by atoms with Crippen LogP contribution in [0.4, 0.5) is 14.5 Å². The van der Waals surface area contributed by atoms with Crippen molar-refractivity contribution in [1.82, 2.24) is 4.90 Å². The van der Waals surface area contributed by atoms with Gasteiger partial charge in [-0.3, -0.25) is 14.5 Å². The minimum absolute atomic E-state index is 0.0862. The van der Waals surface area contributed by atoms with E-state index >= 15 is 0 Å². The van der Waals surface area contributed by atoms with Crippen LogP contribution in [0.25, 0.3) is 0 Å². The molecule has 0 aliphatic carbocycles. The topological polar surface area (TPSA) is 66.6 Å². The van der Waals surface area contributed by atoms with E-state index in [1.54, 1.807) is 0 Å². The summed E-state index contributed by atoms with van der Waals surface area (Å²) in [5.74, 6) is -2.26. The number of fused-ring (bicyclic) bond motifs is 1. The highest BCUT2D eigenvalue weighted by atomic mass is 19.2. The highest BCUT2D eigenvalue weighted by molar-refractivity contribution is 5.96. The first-order valence-corrected chi connectivity index (χ1v) is 8.60. The van der Waals surface area contributed by atoms with Crippen molar-refractivity contribution in [3.8, 4) is 0 Å². The number of nitrogens with two attached hydrogens (primary N) is 1. The van der Waals surface area contributed by atoms with Crippen molar-refractivity contribution >= 4 is 17.5 Å². The van der Waals surface area contributed by atoms with Crippen molar-refractivity contribution in [3.63, 3.8) is 0 Å². The van der Waals surface area contributed by atoms with Crippen molar-refractivity contribution in [3.05, 3.63) is 35.8 Å². The Balaban J connectivity index is 1.66. The summed E-state index contributed by atoms with van der Waals surface area (Å²) in [5, 5.41) is 0. The van der Waals surface area contributed by atoms with Gasteiger partial charge in [-0.2, -0.15) is 0 Å². The molecule has 2 aliphatic rings. The number of piperidine rings is 1. The Kier molecular flexibility index (Phi) is 5.32. The van der Waals surface area contributed by atoms with E-state index in [0.29, 0.717) is 50.0 Å². The number of carbonyl (C=O) groups is 2. The van der Waals surface area contributed by atoms with Gasteiger partial charge in [0.15, 0.2) is 11.6 Å². The Hall–Kier alpha value is -2.02.